The van der Waals surface area contributed by atoms with E-state index >= 15 is 0 Å². The average Bonchev–Trinajstić information content (AvgIpc) is 3.14. The fourth-order valence-corrected chi connectivity index (χ4v) is 4.08. The Hall–Kier alpha value is -3.21. The van der Waals surface area contributed by atoms with Crippen molar-refractivity contribution in [2.75, 3.05) is 33.4 Å². The van der Waals surface area contributed by atoms with E-state index in [2.05, 4.69) is 33.6 Å². The van der Waals surface area contributed by atoms with Gasteiger partial charge in [-0.15, -0.1) is 5.92 Å². The fourth-order valence-electron chi connectivity index (χ4n) is 4.08. The van der Waals surface area contributed by atoms with E-state index in [1.807, 2.05) is 18.2 Å². The minimum absolute atomic E-state index is 0.0883. The summed E-state index contributed by atoms with van der Waals surface area (Å²) in [6.07, 6.45) is 7.58. The molecule has 0 spiro atoms. The Morgan fingerprint density at radius 2 is 2.07 bits per heavy atom. The first-order valence-electron chi connectivity index (χ1n) is 9.95. The highest BCUT2D eigenvalue weighted by Crippen LogP contribution is 2.34. The van der Waals surface area contributed by atoms with Crippen molar-refractivity contribution >= 4 is 17.4 Å². The maximum absolute atomic E-state index is 13.1. The van der Waals surface area contributed by atoms with Crippen LogP contribution in [0.1, 0.15) is 18.1 Å². The van der Waals surface area contributed by atoms with Crippen molar-refractivity contribution in [3.63, 3.8) is 0 Å². The molecule has 2 N–H and O–H groups in total. The Balaban J connectivity index is 1.68. The van der Waals surface area contributed by atoms with Gasteiger partial charge in [0.2, 0.25) is 5.91 Å². The Kier molecular flexibility index (Phi) is 5.53. The maximum atomic E-state index is 13.1. The van der Waals surface area contributed by atoms with E-state index in [4.69, 9.17) is 10.1 Å². The maximum Gasteiger partial charge on any atom is 0.248 e. The minimum atomic E-state index is -0.417. The number of carbonyl (C=O) groups is 1. The monoisotopic (exact) mass is 403 g/mol. The summed E-state index contributed by atoms with van der Waals surface area (Å²) >= 11 is 0. The number of pyridine rings is 1. The number of morpholine rings is 1. The van der Waals surface area contributed by atoms with E-state index in [-0.39, 0.29) is 17.9 Å². The molecule has 0 radical (unpaired) electrons. The second-order valence-electron chi connectivity index (χ2n) is 7.52. The van der Waals surface area contributed by atoms with Gasteiger partial charge < -0.3 is 10.1 Å². The van der Waals surface area contributed by atoms with Crippen LogP contribution < -0.4 is 5.32 Å². The van der Waals surface area contributed by atoms with Crippen LogP contribution in [0.25, 0.3) is 5.57 Å². The SMILES string of the molecule is C=C1C=C(c2cncc(C#CC)c2)C=C1[C@H]1NC(=N)N(C)C(=O)C1N1CCOCC1. The second kappa shape index (κ2) is 8.27. The number of likely N-dealkylation sites (N-methyl/N-ethyl adjacent to an activating group) is 1. The van der Waals surface area contributed by atoms with Crippen molar-refractivity contribution in [1.29, 1.82) is 5.41 Å². The smallest absolute Gasteiger partial charge is 0.248 e. The van der Waals surface area contributed by atoms with E-state index in [1.165, 1.54) is 4.90 Å². The van der Waals surface area contributed by atoms with Crippen LogP contribution in [0.15, 0.2) is 48.3 Å². The molecule has 1 unspecified atom stereocenters. The lowest BCUT2D eigenvalue weighted by Crippen LogP contribution is -2.68. The van der Waals surface area contributed by atoms with Gasteiger partial charge in [0, 0.05) is 43.7 Å². The molecule has 3 heterocycles. The molecule has 2 saturated heterocycles. The van der Waals surface area contributed by atoms with Crippen molar-refractivity contribution in [3.05, 3.63) is 59.5 Å². The third-order valence-electron chi connectivity index (χ3n) is 5.65. The van der Waals surface area contributed by atoms with Crippen LogP contribution in [0, 0.1) is 17.3 Å². The number of nitrogens with one attached hydrogen (secondary N) is 2. The van der Waals surface area contributed by atoms with Crippen LogP contribution in [0.5, 0.6) is 0 Å². The first-order valence-corrected chi connectivity index (χ1v) is 9.95. The van der Waals surface area contributed by atoms with Crippen molar-refractivity contribution < 1.29 is 9.53 Å². The summed E-state index contributed by atoms with van der Waals surface area (Å²) in [5.74, 6) is 5.93. The Bertz CT molecular complexity index is 1020. The van der Waals surface area contributed by atoms with E-state index in [0.29, 0.717) is 26.3 Å². The summed E-state index contributed by atoms with van der Waals surface area (Å²) < 4.78 is 5.47. The highest BCUT2D eigenvalue weighted by Gasteiger charge is 2.44. The van der Waals surface area contributed by atoms with Gasteiger partial charge in [0.25, 0.3) is 0 Å². The molecule has 30 heavy (non-hydrogen) atoms. The second-order valence-corrected chi connectivity index (χ2v) is 7.52. The van der Waals surface area contributed by atoms with E-state index in [1.54, 1.807) is 26.4 Å². The topological polar surface area (TPSA) is 81.6 Å². The van der Waals surface area contributed by atoms with Crippen molar-refractivity contribution in [2.24, 2.45) is 0 Å². The molecule has 3 aliphatic rings. The van der Waals surface area contributed by atoms with Crippen LogP contribution in [0.3, 0.4) is 0 Å². The van der Waals surface area contributed by atoms with Crippen LogP contribution in [0.2, 0.25) is 0 Å². The summed E-state index contributed by atoms with van der Waals surface area (Å²) in [4.78, 5) is 20.9. The number of carbonyl (C=O) groups excluding carboxylic acids is 1. The molecular weight excluding hydrogens is 378 g/mol. The fraction of sp³-hybridized carbons (Fsp3) is 0.348. The molecule has 2 fully saturated rings. The third kappa shape index (κ3) is 3.67. The summed E-state index contributed by atoms with van der Waals surface area (Å²) in [5, 5.41) is 11.5. The molecule has 0 aromatic carbocycles. The van der Waals surface area contributed by atoms with Gasteiger partial charge in [-0.05, 0) is 41.9 Å². The first-order chi connectivity index (χ1) is 14.5. The molecule has 1 amide bonds. The number of amides is 1. The largest absolute Gasteiger partial charge is 0.379 e. The summed E-state index contributed by atoms with van der Waals surface area (Å²) in [5.41, 5.74) is 4.52. The predicted molar refractivity (Wildman–Crippen MR) is 116 cm³/mol. The van der Waals surface area contributed by atoms with Crippen LogP contribution in [-0.2, 0) is 9.53 Å². The Labute approximate surface area is 176 Å². The molecule has 2 atom stereocenters. The molecule has 0 bridgehead atoms. The van der Waals surface area contributed by atoms with Crippen molar-refractivity contribution in [2.45, 2.75) is 19.0 Å². The zero-order valence-corrected chi connectivity index (χ0v) is 17.2. The number of hydrogen-bond donors (Lipinski definition) is 2. The molecule has 7 nitrogen and oxygen atoms in total. The number of rotatable bonds is 3. The van der Waals surface area contributed by atoms with Crippen molar-refractivity contribution in [1.82, 2.24) is 20.1 Å². The van der Waals surface area contributed by atoms with Gasteiger partial charge in [0.05, 0.1) is 19.3 Å². The quantitative estimate of drug-likeness (QED) is 0.746. The number of allylic oxidation sites excluding steroid dienone is 3. The lowest BCUT2D eigenvalue weighted by molar-refractivity contribution is -0.136. The molecule has 1 aromatic rings. The normalized spacial score (nSPS) is 24.7. The van der Waals surface area contributed by atoms with Crippen LogP contribution in [-0.4, -0.2) is 72.1 Å². The molecule has 2 aliphatic heterocycles. The van der Waals surface area contributed by atoms with Crippen LogP contribution in [0.4, 0.5) is 0 Å². The van der Waals surface area contributed by atoms with Gasteiger partial charge in [-0.1, -0.05) is 12.5 Å². The zero-order valence-electron chi connectivity index (χ0n) is 17.2. The van der Waals surface area contributed by atoms with E-state index in [0.717, 1.165) is 27.8 Å². The van der Waals surface area contributed by atoms with Crippen LogP contribution >= 0.6 is 0 Å². The van der Waals surface area contributed by atoms with E-state index in [9.17, 15) is 4.79 Å². The first kappa shape index (κ1) is 20.1. The number of ether oxygens (including phenoxy) is 1. The van der Waals surface area contributed by atoms with Gasteiger partial charge in [-0.25, -0.2) is 0 Å². The lowest BCUT2D eigenvalue weighted by atomic mass is 9.91. The number of nitrogens with zero attached hydrogens (tertiary/aromatic N) is 3. The molecular formula is C23H25N5O2. The molecule has 1 aromatic heterocycles. The molecule has 154 valence electrons. The van der Waals surface area contributed by atoms with Crippen molar-refractivity contribution in [3.8, 4) is 11.8 Å². The zero-order chi connectivity index (χ0) is 21.3. The lowest BCUT2D eigenvalue weighted by Gasteiger charge is -2.44. The minimum Gasteiger partial charge on any atom is -0.379 e. The highest BCUT2D eigenvalue weighted by atomic mass is 16.5. The Morgan fingerprint density at radius 3 is 2.80 bits per heavy atom. The molecule has 0 saturated carbocycles. The van der Waals surface area contributed by atoms with E-state index < -0.39 is 6.04 Å². The number of aromatic nitrogens is 1. The summed E-state index contributed by atoms with van der Waals surface area (Å²) in [6, 6.07) is 1.22. The Morgan fingerprint density at radius 1 is 1.30 bits per heavy atom. The summed E-state index contributed by atoms with van der Waals surface area (Å²) in [6.45, 7) is 8.57. The van der Waals surface area contributed by atoms with Gasteiger partial charge in [-0.3, -0.25) is 25.0 Å². The number of hydrogen-bond acceptors (Lipinski definition) is 5. The van der Waals surface area contributed by atoms with Gasteiger partial charge in [0.1, 0.15) is 6.04 Å². The molecule has 1 aliphatic carbocycles. The average molecular weight is 403 g/mol. The van der Waals surface area contributed by atoms with Gasteiger partial charge in [0.15, 0.2) is 5.96 Å². The molecule has 7 heteroatoms. The third-order valence-corrected chi connectivity index (χ3v) is 5.65. The molecule has 4 rings (SSSR count). The summed E-state index contributed by atoms with van der Waals surface area (Å²) in [7, 11) is 1.63. The highest BCUT2D eigenvalue weighted by molar-refractivity contribution is 6.02. The number of guanidine groups is 1. The van der Waals surface area contributed by atoms with Gasteiger partial charge >= 0.3 is 0 Å². The predicted octanol–water partition coefficient (Wildman–Crippen LogP) is 1.40. The standard InChI is InChI=1S/C23H25N5O2/c1-4-5-16-11-18(14-25-13-16)17-10-15(2)19(12-17)20-21(28-6-8-30-9-7-28)22(29)27(3)23(24)26-20/h10-14,20-21H,2,6-9H2,1,3H3,(H2,24,26)/t20-,21?/m1/s1. The van der Waals surface area contributed by atoms with Gasteiger partial charge in [-0.2, -0.15) is 0 Å².